The highest BCUT2D eigenvalue weighted by Crippen LogP contribution is 2.14. The third-order valence-electron chi connectivity index (χ3n) is 2.99. The minimum Gasteiger partial charge on any atom is -0.352 e. The van der Waals surface area contributed by atoms with Crippen molar-refractivity contribution in [2.45, 2.75) is 13.3 Å². The zero-order valence-corrected chi connectivity index (χ0v) is 12.3. The van der Waals surface area contributed by atoms with E-state index in [1.54, 1.807) is 11.4 Å². The predicted molar refractivity (Wildman–Crippen MR) is 75.8 cm³/mol. The second-order valence-corrected chi connectivity index (χ2v) is 5.61. The van der Waals surface area contributed by atoms with E-state index in [2.05, 4.69) is 20.6 Å². The Labute approximate surface area is 127 Å². The van der Waals surface area contributed by atoms with Crippen molar-refractivity contribution in [3.63, 3.8) is 0 Å². The molecule has 6 nitrogen and oxygen atoms in total. The van der Waals surface area contributed by atoms with Crippen molar-refractivity contribution in [1.82, 2.24) is 25.1 Å². The molecule has 0 aliphatic rings. The smallest absolute Gasteiger partial charge is 0.251 e. The highest BCUT2D eigenvalue weighted by atomic mass is 32.1. The SMILES string of the molecule is Cc1nnc2sc(CCNC(=O)c3ccc(F)c(F)c3)nn12. The topological polar surface area (TPSA) is 72.2 Å². The normalized spacial score (nSPS) is 11.0. The van der Waals surface area contributed by atoms with Gasteiger partial charge in [0.1, 0.15) is 5.01 Å². The number of nitrogens with one attached hydrogen (secondary N) is 1. The van der Waals surface area contributed by atoms with Gasteiger partial charge < -0.3 is 5.32 Å². The number of halogens is 2. The molecule has 0 fully saturated rings. The highest BCUT2D eigenvalue weighted by Gasteiger charge is 2.11. The highest BCUT2D eigenvalue weighted by molar-refractivity contribution is 7.16. The zero-order valence-electron chi connectivity index (χ0n) is 11.5. The Morgan fingerprint density at radius 2 is 2.14 bits per heavy atom. The van der Waals surface area contributed by atoms with Gasteiger partial charge in [-0.1, -0.05) is 11.3 Å². The second-order valence-electron chi connectivity index (χ2n) is 4.57. The lowest BCUT2D eigenvalue weighted by Gasteiger charge is -2.04. The van der Waals surface area contributed by atoms with Crippen LogP contribution in [0, 0.1) is 18.6 Å². The molecule has 0 bridgehead atoms. The molecule has 0 unspecified atom stereocenters. The maximum absolute atomic E-state index is 13.1. The van der Waals surface area contributed by atoms with Crippen LogP contribution in [0.5, 0.6) is 0 Å². The van der Waals surface area contributed by atoms with E-state index < -0.39 is 17.5 Å². The van der Waals surface area contributed by atoms with Crippen LogP contribution in [0.25, 0.3) is 4.96 Å². The first kappa shape index (κ1) is 14.5. The Balaban J connectivity index is 1.60. The van der Waals surface area contributed by atoms with E-state index in [0.29, 0.717) is 23.8 Å². The van der Waals surface area contributed by atoms with Crippen molar-refractivity contribution < 1.29 is 13.6 Å². The molecule has 3 rings (SSSR count). The summed E-state index contributed by atoms with van der Waals surface area (Å²) in [7, 11) is 0. The fourth-order valence-electron chi connectivity index (χ4n) is 1.88. The van der Waals surface area contributed by atoms with Crippen LogP contribution in [0.3, 0.4) is 0 Å². The van der Waals surface area contributed by atoms with E-state index in [1.165, 1.54) is 17.4 Å². The molecule has 0 saturated carbocycles. The first-order valence-corrected chi connectivity index (χ1v) is 7.27. The summed E-state index contributed by atoms with van der Waals surface area (Å²) in [6.45, 7) is 2.13. The van der Waals surface area contributed by atoms with Gasteiger partial charge in [0.25, 0.3) is 5.91 Å². The summed E-state index contributed by atoms with van der Waals surface area (Å²) in [5, 5.41) is 15.6. The molecule has 0 aliphatic heterocycles. The van der Waals surface area contributed by atoms with Gasteiger partial charge in [0.2, 0.25) is 4.96 Å². The van der Waals surface area contributed by atoms with Gasteiger partial charge in [-0.25, -0.2) is 8.78 Å². The quantitative estimate of drug-likeness (QED) is 0.794. The molecule has 114 valence electrons. The summed E-state index contributed by atoms with van der Waals surface area (Å²) >= 11 is 1.39. The number of amides is 1. The first-order chi connectivity index (χ1) is 10.5. The van der Waals surface area contributed by atoms with Crippen LogP contribution < -0.4 is 5.32 Å². The monoisotopic (exact) mass is 323 g/mol. The molecule has 1 N–H and O–H groups in total. The van der Waals surface area contributed by atoms with E-state index in [1.807, 2.05) is 0 Å². The molecule has 0 radical (unpaired) electrons. The van der Waals surface area contributed by atoms with Crippen molar-refractivity contribution >= 4 is 22.2 Å². The molecule has 0 atom stereocenters. The third kappa shape index (κ3) is 2.80. The van der Waals surface area contributed by atoms with Gasteiger partial charge in [0.05, 0.1) is 0 Å². The Morgan fingerprint density at radius 1 is 1.32 bits per heavy atom. The van der Waals surface area contributed by atoms with Crippen molar-refractivity contribution in [3.05, 3.63) is 46.2 Å². The number of benzene rings is 1. The minimum absolute atomic E-state index is 0.0767. The van der Waals surface area contributed by atoms with E-state index in [-0.39, 0.29) is 5.56 Å². The minimum atomic E-state index is -1.04. The van der Waals surface area contributed by atoms with Crippen molar-refractivity contribution in [2.75, 3.05) is 6.54 Å². The van der Waals surface area contributed by atoms with E-state index in [9.17, 15) is 13.6 Å². The van der Waals surface area contributed by atoms with Crippen LogP contribution in [0.1, 0.15) is 21.2 Å². The Kier molecular flexibility index (Phi) is 3.80. The van der Waals surface area contributed by atoms with Gasteiger partial charge in [0.15, 0.2) is 17.5 Å². The standard InChI is InChI=1S/C13H11F2N5OS/c1-7-17-18-13-20(7)19-11(22-13)4-5-16-12(21)8-2-3-9(14)10(15)6-8/h2-3,6H,4-5H2,1H3,(H,16,21). The largest absolute Gasteiger partial charge is 0.352 e. The van der Waals surface area contributed by atoms with E-state index in [0.717, 1.165) is 17.1 Å². The van der Waals surface area contributed by atoms with Crippen molar-refractivity contribution in [3.8, 4) is 0 Å². The summed E-state index contributed by atoms with van der Waals surface area (Å²) in [6, 6.07) is 3.03. The van der Waals surface area contributed by atoms with Gasteiger partial charge >= 0.3 is 0 Å². The average Bonchev–Trinajstić information content (AvgIpc) is 3.04. The number of hydrogen-bond donors (Lipinski definition) is 1. The van der Waals surface area contributed by atoms with E-state index in [4.69, 9.17) is 0 Å². The number of carbonyl (C=O) groups excluding carboxylic acids is 1. The van der Waals surface area contributed by atoms with Crippen LogP contribution in [-0.4, -0.2) is 32.3 Å². The van der Waals surface area contributed by atoms with Crippen molar-refractivity contribution in [2.24, 2.45) is 0 Å². The summed E-state index contributed by atoms with van der Waals surface area (Å²) < 4.78 is 27.5. The lowest BCUT2D eigenvalue weighted by atomic mass is 10.2. The molecule has 1 amide bonds. The Bertz CT molecular complexity index is 844. The zero-order chi connectivity index (χ0) is 15.7. The summed E-state index contributed by atoms with van der Waals surface area (Å²) in [5.41, 5.74) is 0.0767. The molecular weight excluding hydrogens is 312 g/mol. The number of carbonyl (C=O) groups is 1. The maximum Gasteiger partial charge on any atom is 0.251 e. The van der Waals surface area contributed by atoms with Crippen molar-refractivity contribution in [1.29, 1.82) is 0 Å². The van der Waals surface area contributed by atoms with Crippen LogP contribution in [-0.2, 0) is 6.42 Å². The summed E-state index contributed by atoms with van der Waals surface area (Å²) in [4.78, 5) is 12.5. The van der Waals surface area contributed by atoms with Gasteiger partial charge in [-0.3, -0.25) is 4.79 Å². The number of nitrogens with zero attached hydrogens (tertiary/aromatic N) is 4. The number of rotatable bonds is 4. The molecular formula is C13H11F2N5OS. The first-order valence-electron chi connectivity index (χ1n) is 6.45. The van der Waals surface area contributed by atoms with Gasteiger partial charge in [-0.2, -0.15) is 9.61 Å². The van der Waals surface area contributed by atoms with Crippen LogP contribution in [0.2, 0.25) is 0 Å². The molecule has 9 heteroatoms. The number of aryl methyl sites for hydroxylation is 1. The third-order valence-corrected chi connectivity index (χ3v) is 3.95. The van der Waals surface area contributed by atoms with E-state index >= 15 is 0 Å². The molecule has 3 aromatic rings. The molecule has 0 saturated heterocycles. The van der Waals surface area contributed by atoms with Gasteiger partial charge in [-0.15, -0.1) is 10.2 Å². The number of aromatic nitrogens is 4. The van der Waals surface area contributed by atoms with Gasteiger partial charge in [0, 0.05) is 18.5 Å². The predicted octanol–water partition coefficient (Wildman–Crippen LogP) is 1.74. The second kappa shape index (κ2) is 5.76. The Hall–Kier alpha value is -2.42. The molecule has 22 heavy (non-hydrogen) atoms. The summed E-state index contributed by atoms with van der Waals surface area (Å²) in [5.74, 6) is -1.79. The van der Waals surface area contributed by atoms with Gasteiger partial charge in [-0.05, 0) is 25.1 Å². The number of hydrogen-bond acceptors (Lipinski definition) is 5. The van der Waals surface area contributed by atoms with Crippen LogP contribution in [0.15, 0.2) is 18.2 Å². The maximum atomic E-state index is 13.1. The number of fused-ring (bicyclic) bond motifs is 1. The summed E-state index contributed by atoms with van der Waals surface area (Å²) in [6.07, 6.45) is 0.517. The molecule has 1 aromatic carbocycles. The van der Waals surface area contributed by atoms with Crippen LogP contribution in [0.4, 0.5) is 8.78 Å². The molecule has 2 aromatic heterocycles. The average molecular weight is 323 g/mol. The van der Waals surface area contributed by atoms with Crippen LogP contribution >= 0.6 is 11.3 Å². The lowest BCUT2D eigenvalue weighted by molar-refractivity contribution is 0.0953. The Morgan fingerprint density at radius 3 is 2.86 bits per heavy atom. The molecule has 2 heterocycles. The fraction of sp³-hybridized carbons (Fsp3) is 0.231. The lowest BCUT2D eigenvalue weighted by Crippen LogP contribution is -2.25. The fourth-order valence-corrected chi connectivity index (χ4v) is 2.76. The molecule has 0 spiro atoms. The molecule has 0 aliphatic carbocycles.